The fourth-order valence-electron chi connectivity index (χ4n) is 2.08. The maximum atomic E-state index is 12.2. The van der Waals surface area contributed by atoms with Crippen LogP contribution in [0.15, 0.2) is 0 Å². The Morgan fingerprint density at radius 3 is 2.85 bits per heavy atom. The number of amides is 1. The van der Waals surface area contributed by atoms with Gasteiger partial charge in [-0.2, -0.15) is 0 Å². The number of hydrogen-bond acceptors (Lipinski definition) is 6. The Bertz CT molecular complexity index is 527. The average molecular weight is 293 g/mol. The number of nitrogens with zero attached hydrogens (tertiary/aromatic N) is 3. The first-order valence-corrected chi connectivity index (χ1v) is 7.30. The number of carbonyl (C=O) groups is 1. The molecule has 7 heteroatoms. The zero-order valence-corrected chi connectivity index (χ0v) is 12.3. The summed E-state index contributed by atoms with van der Waals surface area (Å²) in [4.78, 5) is 20.5. The standard InChI is InChI=1S/C13H19N5OS/c1-3-6-17(2)12(19)10-11(15)16-13(20-10)18-7-4-9(14)5-8-18/h1,9H,4-8,14-15H2,2H3. The lowest BCUT2D eigenvalue weighted by Crippen LogP contribution is -2.39. The number of carbonyl (C=O) groups excluding carboxylic acids is 1. The molecule has 0 saturated carbocycles. The second-order valence-electron chi connectivity index (χ2n) is 4.90. The van der Waals surface area contributed by atoms with Crippen LogP contribution in [-0.4, -0.2) is 48.5 Å². The van der Waals surface area contributed by atoms with Crippen LogP contribution < -0.4 is 16.4 Å². The number of terminal acetylenes is 1. The summed E-state index contributed by atoms with van der Waals surface area (Å²) < 4.78 is 0. The molecular formula is C13H19N5OS. The fraction of sp³-hybridized carbons (Fsp3) is 0.538. The zero-order chi connectivity index (χ0) is 14.7. The van der Waals surface area contributed by atoms with Gasteiger partial charge in [-0.25, -0.2) is 4.98 Å². The van der Waals surface area contributed by atoms with Crippen molar-refractivity contribution in [2.24, 2.45) is 5.73 Å². The lowest BCUT2D eigenvalue weighted by atomic mass is 10.1. The highest BCUT2D eigenvalue weighted by molar-refractivity contribution is 7.18. The molecule has 0 spiro atoms. The van der Waals surface area contributed by atoms with Gasteiger partial charge in [0.25, 0.3) is 5.91 Å². The van der Waals surface area contributed by atoms with Crippen molar-refractivity contribution in [1.29, 1.82) is 0 Å². The molecule has 1 fully saturated rings. The van der Waals surface area contributed by atoms with Crippen LogP contribution in [0.25, 0.3) is 0 Å². The highest BCUT2D eigenvalue weighted by Crippen LogP contribution is 2.30. The van der Waals surface area contributed by atoms with Gasteiger partial charge in [-0.15, -0.1) is 6.42 Å². The molecule has 4 N–H and O–H groups in total. The van der Waals surface area contributed by atoms with Gasteiger partial charge in [0.15, 0.2) is 5.13 Å². The van der Waals surface area contributed by atoms with Crippen LogP contribution in [0.2, 0.25) is 0 Å². The van der Waals surface area contributed by atoms with Crippen molar-refractivity contribution in [2.45, 2.75) is 18.9 Å². The lowest BCUT2D eigenvalue weighted by Gasteiger charge is -2.29. The van der Waals surface area contributed by atoms with Crippen molar-refractivity contribution < 1.29 is 4.79 Å². The summed E-state index contributed by atoms with van der Waals surface area (Å²) in [6.45, 7) is 1.95. The lowest BCUT2D eigenvalue weighted by molar-refractivity contribution is 0.0818. The van der Waals surface area contributed by atoms with Gasteiger partial charge in [-0.05, 0) is 12.8 Å². The van der Waals surface area contributed by atoms with E-state index < -0.39 is 0 Å². The van der Waals surface area contributed by atoms with E-state index in [1.807, 2.05) is 0 Å². The third-order valence-electron chi connectivity index (χ3n) is 3.32. The Morgan fingerprint density at radius 2 is 2.25 bits per heavy atom. The van der Waals surface area contributed by atoms with Gasteiger partial charge in [0.1, 0.15) is 10.7 Å². The first-order valence-electron chi connectivity index (χ1n) is 6.48. The molecule has 2 rings (SSSR count). The summed E-state index contributed by atoms with van der Waals surface area (Å²) in [5, 5.41) is 0.784. The van der Waals surface area contributed by atoms with Crippen molar-refractivity contribution in [3.05, 3.63) is 4.88 Å². The molecule has 0 atom stereocenters. The Balaban J connectivity index is 2.13. The smallest absolute Gasteiger partial charge is 0.268 e. The van der Waals surface area contributed by atoms with Gasteiger partial charge in [0.2, 0.25) is 0 Å². The summed E-state index contributed by atoms with van der Waals surface area (Å²) in [7, 11) is 1.65. The Labute approximate surface area is 122 Å². The summed E-state index contributed by atoms with van der Waals surface area (Å²) in [5.74, 6) is 2.53. The number of hydrogen-bond donors (Lipinski definition) is 2. The van der Waals surface area contributed by atoms with Gasteiger partial charge in [-0.1, -0.05) is 17.3 Å². The van der Waals surface area contributed by atoms with Crippen LogP contribution in [0.4, 0.5) is 10.9 Å². The highest BCUT2D eigenvalue weighted by atomic mass is 32.1. The molecular weight excluding hydrogens is 274 g/mol. The third-order valence-corrected chi connectivity index (χ3v) is 4.44. The van der Waals surface area contributed by atoms with Crippen molar-refractivity contribution in [2.75, 3.05) is 37.3 Å². The Hall–Kier alpha value is -1.78. The normalized spacial score (nSPS) is 15.9. The van der Waals surface area contributed by atoms with Crippen LogP contribution in [0.1, 0.15) is 22.5 Å². The molecule has 0 unspecified atom stereocenters. The van der Waals surface area contributed by atoms with Gasteiger partial charge in [0.05, 0.1) is 6.54 Å². The third kappa shape index (κ3) is 3.03. The number of anilines is 2. The maximum Gasteiger partial charge on any atom is 0.268 e. The summed E-state index contributed by atoms with van der Waals surface area (Å²) in [5.41, 5.74) is 11.7. The molecule has 1 saturated heterocycles. The average Bonchev–Trinajstić information content (AvgIpc) is 2.81. The topological polar surface area (TPSA) is 88.5 Å². The van der Waals surface area contributed by atoms with E-state index in [1.165, 1.54) is 16.2 Å². The first kappa shape index (κ1) is 14.6. The number of nitrogen functional groups attached to an aromatic ring is 1. The van der Waals surface area contributed by atoms with E-state index in [0.717, 1.165) is 31.1 Å². The van der Waals surface area contributed by atoms with E-state index in [1.54, 1.807) is 7.05 Å². The molecule has 1 aliphatic rings. The van der Waals surface area contributed by atoms with Gasteiger partial charge in [-0.3, -0.25) is 4.79 Å². The number of thiazole rings is 1. The maximum absolute atomic E-state index is 12.2. The van der Waals surface area contributed by atoms with Crippen LogP contribution in [0.3, 0.4) is 0 Å². The Morgan fingerprint density at radius 1 is 1.60 bits per heavy atom. The minimum absolute atomic E-state index is 0.182. The van der Waals surface area contributed by atoms with E-state index in [-0.39, 0.29) is 24.3 Å². The molecule has 6 nitrogen and oxygen atoms in total. The number of aromatic nitrogens is 1. The van der Waals surface area contributed by atoms with E-state index in [4.69, 9.17) is 17.9 Å². The molecule has 1 aliphatic heterocycles. The number of piperidine rings is 1. The minimum atomic E-state index is -0.182. The molecule has 108 valence electrons. The zero-order valence-electron chi connectivity index (χ0n) is 11.5. The molecule has 2 heterocycles. The molecule has 1 aromatic heterocycles. The SMILES string of the molecule is C#CCN(C)C(=O)c1sc(N2CCC(N)CC2)nc1N. The number of nitrogens with two attached hydrogens (primary N) is 2. The molecule has 0 radical (unpaired) electrons. The highest BCUT2D eigenvalue weighted by Gasteiger charge is 2.24. The van der Waals surface area contributed by atoms with Crippen LogP contribution >= 0.6 is 11.3 Å². The van der Waals surface area contributed by atoms with Crippen molar-refractivity contribution in [3.63, 3.8) is 0 Å². The fourth-order valence-corrected chi connectivity index (χ4v) is 3.11. The van der Waals surface area contributed by atoms with E-state index >= 15 is 0 Å². The summed E-state index contributed by atoms with van der Waals surface area (Å²) >= 11 is 1.32. The monoisotopic (exact) mass is 293 g/mol. The molecule has 0 aliphatic carbocycles. The van der Waals surface area contributed by atoms with Gasteiger partial charge in [0, 0.05) is 26.2 Å². The van der Waals surface area contributed by atoms with E-state index in [2.05, 4.69) is 15.8 Å². The quantitative estimate of drug-likeness (QED) is 0.786. The largest absolute Gasteiger partial charge is 0.382 e. The van der Waals surface area contributed by atoms with E-state index in [0.29, 0.717) is 4.88 Å². The molecule has 1 aromatic rings. The summed E-state index contributed by atoms with van der Waals surface area (Å²) in [6.07, 6.45) is 7.07. The van der Waals surface area contributed by atoms with Gasteiger partial charge >= 0.3 is 0 Å². The van der Waals surface area contributed by atoms with Crippen LogP contribution in [-0.2, 0) is 0 Å². The summed E-state index contributed by atoms with van der Waals surface area (Å²) in [6, 6.07) is 0.256. The molecule has 1 amide bonds. The number of rotatable bonds is 3. The molecule has 20 heavy (non-hydrogen) atoms. The second-order valence-corrected chi connectivity index (χ2v) is 5.88. The molecule has 0 aromatic carbocycles. The predicted molar refractivity (Wildman–Crippen MR) is 81.7 cm³/mol. The second kappa shape index (κ2) is 6.11. The predicted octanol–water partition coefficient (Wildman–Crippen LogP) is 0.358. The van der Waals surface area contributed by atoms with Crippen LogP contribution in [0.5, 0.6) is 0 Å². The van der Waals surface area contributed by atoms with Gasteiger partial charge < -0.3 is 21.3 Å². The van der Waals surface area contributed by atoms with Crippen molar-refractivity contribution >= 4 is 28.2 Å². The first-order chi connectivity index (χ1) is 9.52. The Kier molecular flexibility index (Phi) is 4.47. The van der Waals surface area contributed by atoms with E-state index in [9.17, 15) is 4.79 Å². The van der Waals surface area contributed by atoms with Crippen molar-refractivity contribution in [1.82, 2.24) is 9.88 Å². The van der Waals surface area contributed by atoms with Crippen molar-refractivity contribution in [3.8, 4) is 12.3 Å². The van der Waals surface area contributed by atoms with Crippen LogP contribution in [0, 0.1) is 12.3 Å². The molecule has 0 bridgehead atoms. The minimum Gasteiger partial charge on any atom is -0.382 e.